The summed E-state index contributed by atoms with van der Waals surface area (Å²) in [6, 6.07) is 13.9. The maximum Gasteiger partial charge on any atom is 0.310 e. The monoisotopic (exact) mass is 341 g/mol. The third-order valence-electron chi connectivity index (χ3n) is 3.69. The molecule has 0 fully saturated rings. The molecule has 2 rings (SSSR count). The summed E-state index contributed by atoms with van der Waals surface area (Å²) in [4.78, 5) is 23.5. The van der Waals surface area contributed by atoms with E-state index in [2.05, 4.69) is 19.2 Å². The molecule has 5 heteroatoms. The Morgan fingerprint density at radius 2 is 1.80 bits per heavy atom. The lowest BCUT2D eigenvalue weighted by molar-refractivity contribution is -0.138. The molecule has 0 saturated carbocycles. The first-order valence-electron chi connectivity index (χ1n) is 8.24. The van der Waals surface area contributed by atoms with E-state index in [4.69, 9.17) is 9.84 Å². The molecule has 1 amide bonds. The van der Waals surface area contributed by atoms with E-state index in [9.17, 15) is 9.59 Å². The summed E-state index contributed by atoms with van der Waals surface area (Å²) in [7, 11) is 0. The Balaban J connectivity index is 2.10. The molecule has 1 unspecified atom stereocenters. The van der Waals surface area contributed by atoms with Gasteiger partial charge in [0.1, 0.15) is 5.75 Å². The van der Waals surface area contributed by atoms with Crippen molar-refractivity contribution in [3.8, 4) is 5.75 Å². The number of carbonyl (C=O) groups excluding carboxylic acids is 1. The highest BCUT2D eigenvalue weighted by Crippen LogP contribution is 2.21. The first kappa shape index (κ1) is 18.5. The largest absolute Gasteiger partial charge is 0.493 e. The van der Waals surface area contributed by atoms with Gasteiger partial charge in [0.15, 0.2) is 0 Å². The van der Waals surface area contributed by atoms with Crippen molar-refractivity contribution < 1.29 is 19.4 Å². The normalized spacial score (nSPS) is 11.8. The van der Waals surface area contributed by atoms with Crippen molar-refractivity contribution in [2.24, 2.45) is 5.92 Å². The highest BCUT2D eigenvalue weighted by Gasteiger charge is 2.14. The Kier molecular flexibility index (Phi) is 6.17. The minimum Gasteiger partial charge on any atom is -0.493 e. The number of benzene rings is 2. The first-order chi connectivity index (χ1) is 11.9. The highest BCUT2D eigenvalue weighted by molar-refractivity contribution is 6.04. The van der Waals surface area contributed by atoms with E-state index in [1.54, 1.807) is 49.4 Å². The average Bonchev–Trinajstić information content (AvgIpc) is 2.59. The zero-order valence-corrected chi connectivity index (χ0v) is 14.7. The number of nitrogens with one attached hydrogen (secondary N) is 1. The van der Waals surface area contributed by atoms with Gasteiger partial charge in [0, 0.05) is 11.3 Å². The fraction of sp³-hybridized carbons (Fsp3) is 0.300. The van der Waals surface area contributed by atoms with Gasteiger partial charge in [-0.25, -0.2) is 0 Å². The van der Waals surface area contributed by atoms with Gasteiger partial charge in [-0.15, -0.1) is 0 Å². The van der Waals surface area contributed by atoms with E-state index in [1.165, 1.54) is 0 Å². The Morgan fingerprint density at radius 3 is 2.48 bits per heavy atom. The van der Waals surface area contributed by atoms with Crippen LogP contribution in [-0.4, -0.2) is 23.6 Å². The molecule has 0 aliphatic heterocycles. The van der Waals surface area contributed by atoms with E-state index in [-0.39, 0.29) is 5.91 Å². The van der Waals surface area contributed by atoms with Crippen LogP contribution in [0.1, 0.15) is 42.6 Å². The Bertz CT molecular complexity index is 755. The van der Waals surface area contributed by atoms with E-state index >= 15 is 0 Å². The van der Waals surface area contributed by atoms with Crippen LogP contribution in [0.25, 0.3) is 0 Å². The second kappa shape index (κ2) is 8.33. The molecule has 2 aromatic carbocycles. The molecular formula is C20H23NO4. The van der Waals surface area contributed by atoms with Gasteiger partial charge in [-0.3, -0.25) is 9.59 Å². The minimum absolute atomic E-state index is 0.268. The molecule has 0 aliphatic carbocycles. The van der Waals surface area contributed by atoms with Crippen LogP contribution < -0.4 is 10.1 Å². The van der Waals surface area contributed by atoms with Crippen molar-refractivity contribution in [1.29, 1.82) is 0 Å². The fourth-order valence-electron chi connectivity index (χ4n) is 2.22. The lowest BCUT2D eigenvalue weighted by Gasteiger charge is -2.12. The Morgan fingerprint density at radius 1 is 1.08 bits per heavy atom. The third kappa shape index (κ3) is 5.35. The zero-order valence-electron chi connectivity index (χ0n) is 14.7. The summed E-state index contributed by atoms with van der Waals surface area (Å²) in [5.74, 6) is -0.760. The average molecular weight is 341 g/mol. The van der Waals surface area contributed by atoms with Gasteiger partial charge in [-0.1, -0.05) is 32.0 Å². The highest BCUT2D eigenvalue weighted by atomic mass is 16.5. The topological polar surface area (TPSA) is 75.6 Å². The molecule has 25 heavy (non-hydrogen) atoms. The van der Waals surface area contributed by atoms with Gasteiger partial charge in [-0.05, 0) is 48.7 Å². The molecule has 132 valence electrons. The van der Waals surface area contributed by atoms with Crippen LogP contribution in [0.4, 0.5) is 5.69 Å². The number of carbonyl (C=O) groups is 2. The molecule has 0 bridgehead atoms. The number of amides is 1. The number of rotatable bonds is 7. The smallest absolute Gasteiger partial charge is 0.310 e. The summed E-state index contributed by atoms with van der Waals surface area (Å²) >= 11 is 0. The molecule has 0 spiro atoms. The van der Waals surface area contributed by atoms with Crippen molar-refractivity contribution in [3.63, 3.8) is 0 Å². The SMILES string of the molecule is CC(C)COc1cccc(C(=O)Nc2cccc(C(C)C(=O)O)c2)c1. The number of ether oxygens (including phenoxy) is 1. The van der Waals surface area contributed by atoms with E-state index in [1.807, 2.05) is 6.07 Å². The third-order valence-corrected chi connectivity index (χ3v) is 3.69. The zero-order chi connectivity index (χ0) is 18.4. The molecule has 0 heterocycles. The number of hydrogen-bond donors (Lipinski definition) is 2. The summed E-state index contributed by atoms with van der Waals surface area (Å²) in [6.45, 7) is 6.31. The standard InChI is InChI=1S/C20H23NO4/c1-13(2)12-25-18-9-5-7-16(11-18)19(22)21-17-8-4-6-15(10-17)14(3)20(23)24/h4-11,13-14H,12H2,1-3H3,(H,21,22)(H,23,24). The lowest BCUT2D eigenvalue weighted by atomic mass is 10.0. The number of carboxylic acid groups (broad SMARTS) is 1. The van der Waals surface area contributed by atoms with Crippen molar-refractivity contribution in [2.45, 2.75) is 26.7 Å². The van der Waals surface area contributed by atoms with Crippen LogP contribution in [0.3, 0.4) is 0 Å². The minimum atomic E-state index is -0.904. The second-order valence-corrected chi connectivity index (χ2v) is 6.37. The first-order valence-corrected chi connectivity index (χ1v) is 8.24. The molecule has 2 N–H and O–H groups in total. The summed E-state index contributed by atoms with van der Waals surface area (Å²) < 4.78 is 5.64. The van der Waals surface area contributed by atoms with Crippen molar-refractivity contribution >= 4 is 17.6 Å². The van der Waals surface area contributed by atoms with Crippen molar-refractivity contribution in [1.82, 2.24) is 0 Å². The summed E-state index contributed by atoms with van der Waals surface area (Å²) in [5.41, 5.74) is 1.68. The Hall–Kier alpha value is -2.82. The second-order valence-electron chi connectivity index (χ2n) is 6.37. The van der Waals surface area contributed by atoms with Gasteiger partial charge >= 0.3 is 5.97 Å². The van der Waals surface area contributed by atoms with Crippen LogP contribution in [0.5, 0.6) is 5.75 Å². The van der Waals surface area contributed by atoms with Gasteiger partial charge in [0.2, 0.25) is 0 Å². The predicted molar refractivity (Wildman–Crippen MR) is 97.2 cm³/mol. The molecule has 5 nitrogen and oxygen atoms in total. The van der Waals surface area contributed by atoms with E-state index < -0.39 is 11.9 Å². The van der Waals surface area contributed by atoms with E-state index in [0.717, 1.165) is 0 Å². The predicted octanol–water partition coefficient (Wildman–Crippen LogP) is 4.16. The van der Waals surface area contributed by atoms with Crippen LogP contribution in [0, 0.1) is 5.92 Å². The van der Waals surface area contributed by atoms with Gasteiger partial charge < -0.3 is 15.2 Å². The molecule has 0 saturated heterocycles. The molecule has 0 aliphatic rings. The molecular weight excluding hydrogens is 318 g/mol. The number of hydrogen-bond acceptors (Lipinski definition) is 3. The number of anilines is 1. The number of carboxylic acids is 1. The van der Waals surface area contributed by atoms with Crippen LogP contribution in [0.2, 0.25) is 0 Å². The van der Waals surface area contributed by atoms with Gasteiger partial charge in [0.05, 0.1) is 12.5 Å². The van der Waals surface area contributed by atoms with Crippen molar-refractivity contribution in [3.05, 3.63) is 59.7 Å². The van der Waals surface area contributed by atoms with Crippen LogP contribution in [0.15, 0.2) is 48.5 Å². The van der Waals surface area contributed by atoms with Crippen LogP contribution in [-0.2, 0) is 4.79 Å². The molecule has 1 atom stereocenters. The lowest BCUT2D eigenvalue weighted by Crippen LogP contribution is -2.13. The maximum atomic E-state index is 12.4. The Labute approximate surface area is 147 Å². The van der Waals surface area contributed by atoms with E-state index in [0.29, 0.717) is 35.1 Å². The molecule has 2 aromatic rings. The molecule has 0 radical (unpaired) electrons. The molecule has 0 aromatic heterocycles. The fourth-order valence-corrected chi connectivity index (χ4v) is 2.22. The van der Waals surface area contributed by atoms with Gasteiger partial charge in [0.25, 0.3) is 5.91 Å². The van der Waals surface area contributed by atoms with Crippen molar-refractivity contribution in [2.75, 3.05) is 11.9 Å². The summed E-state index contributed by atoms with van der Waals surface area (Å²) in [6.07, 6.45) is 0. The number of aliphatic carboxylic acids is 1. The van der Waals surface area contributed by atoms with Gasteiger partial charge in [-0.2, -0.15) is 0 Å². The quantitative estimate of drug-likeness (QED) is 0.793. The maximum absolute atomic E-state index is 12.4. The summed E-state index contributed by atoms with van der Waals surface area (Å²) in [5, 5.41) is 11.9. The van der Waals surface area contributed by atoms with Crippen LogP contribution >= 0.6 is 0 Å².